The fraction of sp³-hybridized carbons (Fsp3) is 0.688. The number of rotatable bonds is 4. The van der Waals surface area contributed by atoms with Crippen molar-refractivity contribution in [2.45, 2.75) is 58.2 Å². The Balaban J connectivity index is 1.86. The molecule has 0 saturated carbocycles. The molecule has 1 aromatic rings. The number of carbonyl (C=O) groups excluding carboxylic acids is 1. The van der Waals surface area contributed by atoms with E-state index in [0.717, 1.165) is 31.6 Å². The lowest BCUT2D eigenvalue weighted by molar-refractivity contribution is 0.0225. The maximum Gasteiger partial charge on any atom is 0.410 e. The molecule has 21 heavy (non-hydrogen) atoms. The van der Waals surface area contributed by atoms with E-state index >= 15 is 0 Å². The van der Waals surface area contributed by atoms with Crippen LogP contribution in [0.4, 0.5) is 4.79 Å². The monoisotopic (exact) mass is 293 g/mol. The fourth-order valence-corrected chi connectivity index (χ4v) is 2.65. The van der Waals surface area contributed by atoms with E-state index in [4.69, 9.17) is 4.74 Å². The number of likely N-dealkylation sites (tertiary alicyclic amines) is 1. The molecule has 0 radical (unpaired) electrons. The molecule has 0 aliphatic carbocycles. The quantitative estimate of drug-likeness (QED) is 0.897. The van der Waals surface area contributed by atoms with Crippen molar-refractivity contribution < 1.29 is 9.53 Å². The van der Waals surface area contributed by atoms with Gasteiger partial charge in [-0.3, -0.25) is 0 Å². The van der Waals surface area contributed by atoms with E-state index in [0.29, 0.717) is 0 Å². The van der Waals surface area contributed by atoms with Crippen molar-refractivity contribution in [2.75, 3.05) is 13.1 Å². The number of H-pyrrole nitrogens is 1. The molecule has 0 spiro atoms. The van der Waals surface area contributed by atoms with Gasteiger partial charge in [-0.1, -0.05) is 0 Å². The molecule has 0 aromatic carbocycles. The SMILES string of the molecule is CC(NCC1CCCN1C(=O)OC(C)(C)C)c1ccc[nH]1. The van der Waals surface area contributed by atoms with Crippen LogP contribution in [-0.4, -0.2) is 40.7 Å². The number of nitrogens with zero attached hydrogens (tertiary/aromatic N) is 1. The summed E-state index contributed by atoms with van der Waals surface area (Å²) in [6, 6.07) is 4.53. The predicted molar refractivity (Wildman–Crippen MR) is 83.2 cm³/mol. The molecule has 1 amide bonds. The highest BCUT2D eigenvalue weighted by Crippen LogP contribution is 2.21. The molecule has 5 heteroatoms. The van der Waals surface area contributed by atoms with Crippen LogP contribution in [0.3, 0.4) is 0 Å². The summed E-state index contributed by atoms with van der Waals surface area (Å²) in [6.45, 7) is 9.42. The third-order valence-electron chi connectivity index (χ3n) is 3.75. The summed E-state index contributed by atoms with van der Waals surface area (Å²) in [5, 5.41) is 3.49. The number of amides is 1. The van der Waals surface area contributed by atoms with Crippen molar-refractivity contribution in [3.05, 3.63) is 24.0 Å². The van der Waals surface area contributed by atoms with Gasteiger partial charge in [0.1, 0.15) is 5.60 Å². The molecule has 2 N–H and O–H groups in total. The summed E-state index contributed by atoms with van der Waals surface area (Å²) < 4.78 is 5.48. The van der Waals surface area contributed by atoms with E-state index in [-0.39, 0.29) is 18.2 Å². The first-order valence-electron chi connectivity index (χ1n) is 7.73. The Labute approximate surface area is 127 Å². The minimum Gasteiger partial charge on any atom is -0.444 e. The van der Waals surface area contributed by atoms with E-state index < -0.39 is 5.60 Å². The van der Waals surface area contributed by atoms with Crippen molar-refractivity contribution >= 4 is 6.09 Å². The van der Waals surface area contributed by atoms with Gasteiger partial charge in [-0.25, -0.2) is 4.79 Å². The lowest BCUT2D eigenvalue weighted by Crippen LogP contribution is -2.44. The maximum absolute atomic E-state index is 12.2. The second-order valence-electron chi connectivity index (χ2n) is 6.73. The van der Waals surface area contributed by atoms with Gasteiger partial charge in [0.05, 0.1) is 0 Å². The zero-order chi connectivity index (χ0) is 15.5. The average molecular weight is 293 g/mol. The van der Waals surface area contributed by atoms with Crippen molar-refractivity contribution in [3.8, 4) is 0 Å². The van der Waals surface area contributed by atoms with Crippen LogP contribution in [0.2, 0.25) is 0 Å². The van der Waals surface area contributed by atoms with Crippen LogP contribution in [0.25, 0.3) is 0 Å². The van der Waals surface area contributed by atoms with Gasteiger partial charge >= 0.3 is 6.09 Å². The molecule has 2 atom stereocenters. The molecule has 2 heterocycles. The number of ether oxygens (including phenoxy) is 1. The highest BCUT2D eigenvalue weighted by molar-refractivity contribution is 5.69. The van der Waals surface area contributed by atoms with E-state index in [2.05, 4.69) is 23.3 Å². The third-order valence-corrected chi connectivity index (χ3v) is 3.75. The minimum absolute atomic E-state index is 0.195. The molecule has 1 fully saturated rings. The number of carbonyl (C=O) groups is 1. The van der Waals surface area contributed by atoms with E-state index in [1.165, 1.54) is 0 Å². The molecule has 1 aromatic heterocycles. The van der Waals surface area contributed by atoms with Gasteiger partial charge in [0.15, 0.2) is 0 Å². The van der Waals surface area contributed by atoms with E-state index in [1.807, 2.05) is 37.9 Å². The maximum atomic E-state index is 12.2. The molecule has 0 bridgehead atoms. The largest absolute Gasteiger partial charge is 0.444 e. The molecule has 2 rings (SSSR count). The molecule has 5 nitrogen and oxygen atoms in total. The first-order valence-corrected chi connectivity index (χ1v) is 7.73. The predicted octanol–water partition coefficient (Wildman–Crippen LogP) is 3.06. The highest BCUT2D eigenvalue weighted by Gasteiger charge is 2.32. The normalized spacial score (nSPS) is 20.6. The van der Waals surface area contributed by atoms with Crippen LogP contribution in [-0.2, 0) is 4.74 Å². The van der Waals surface area contributed by atoms with E-state index in [9.17, 15) is 4.79 Å². The Kier molecular flexibility index (Phi) is 4.93. The van der Waals surface area contributed by atoms with E-state index in [1.54, 1.807) is 0 Å². The Morgan fingerprint density at radius 1 is 1.57 bits per heavy atom. The van der Waals surface area contributed by atoms with Gasteiger partial charge in [0, 0.05) is 37.1 Å². The number of hydrogen-bond acceptors (Lipinski definition) is 3. The minimum atomic E-state index is -0.435. The van der Waals surface area contributed by atoms with Gasteiger partial charge in [-0.05, 0) is 52.7 Å². The zero-order valence-electron chi connectivity index (χ0n) is 13.5. The van der Waals surface area contributed by atoms with Gasteiger partial charge in [0.2, 0.25) is 0 Å². The summed E-state index contributed by atoms with van der Waals surface area (Å²) in [6.07, 6.45) is 3.81. The van der Waals surface area contributed by atoms with Crippen molar-refractivity contribution in [3.63, 3.8) is 0 Å². The van der Waals surface area contributed by atoms with Crippen LogP contribution in [0.15, 0.2) is 18.3 Å². The molecular formula is C16H27N3O2. The molecule has 1 aliphatic heterocycles. The second kappa shape index (κ2) is 6.52. The molecule has 1 aliphatic rings. The van der Waals surface area contributed by atoms with Crippen molar-refractivity contribution in [2.24, 2.45) is 0 Å². The van der Waals surface area contributed by atoms with Gasteiger partial charge in [0.25, 0.3) is 0 Å². The number of hydrogen-bond donors (Lipinski definition) is 2. The summed E-state index contributed by atoms with van der Waals surface area (Å²) >= 11 is 0. The van der Waals surface area contributed by atoms with Crippen molar-refractivity contribution in [1.82, 2.24) is 15.2 Å². The summed E-state index contributed by atoms with van der Waals surface area (Å²) in [4.78, 5) is 17.3. The van der Waals surface area contributed by atoms with Crippen LogP contribution in [0.5, 0.6) is 0 Å². The number of nitrogens with one attached hydrogen (secondary N) is 2. The van der Waals surface area contributed by atoms with Crippen LogP contribution < -0.4 is 5.32 Å². The third kappa shape index (κ3) is 4.49. The summed E-state index contributed by atoms with van der Waals surface area (Å²) in [5.74, 6) is 0. The lowest BCUT2D eigenvalue weighted by Gasteiger charge is -2.29. The fourth-order valence-electron chi connectivity index (χ4n) is 2.65. The topological polar surface area (TPSA) is 57.4 Å². The van der Waals surface area contributed by atoms with Crippen molar-refractivity contribution in [1.29, 1.82) is 0 Å². The smallest absolute Gasteiger partial charge is 0.410 e. The summed E-state index contributed by atoms with van der Waals surface area (Å²) in [5.41, 5.74) is 0.728. The Morgan fingerprint density at radius 2 is 2.33 bits per heavy atom. The molecular weight excluding hydrogens is 266 g/mol. The van der Waals surface area contributed by atoms with Gasteiger partial charge < -0.3 is 19.9 Å². The number of aromatic nitrogens is 1. The Hall–Kier alpha value is -1.49. The molecule has 1 saturated heterocycles. The lowest BCUT2D eigenvalue weighted by atomic mass is 10.2. The summed E-state index contributed by atoms with van der Waals surface area (Å²) in [7, 11) is 0. The zero-order valence-corrected chi connectivity index (χ0v) is 13.5. The van der Waals surface area contributed by atoms with Crippen LogP contribution >= 0.6 is 0 Å². The van der Waals surface area contributed by atoms with Crippen LogP contribution in [0.1, 0.15) is 52.3 Å². The van der Waals surface area contributed by atoms with Gasteiger partial charge in [-0.2, -0.15) is 0 Å². The average Bonchev–Trinajstić information content (AvgIpc) is 3.04. The second-order valence-corrected chi connectivity index (χ2v) is 6.73. The number of aromatic amines is 1. The first-order chi connectivity index (χ1) is 9.87. The molecule has 2 unspecified atom stereocenters. The first kappa shape index (κ1) is 15.9. The standard InChI is InChI=1S/C16H27N3O2/c1-12(14-8-5-9-17-14)18-11-13-7-6-10-19(13)15(20)21-16(2,3)4/h5,8-9,12-13,17-18H,6-7,10-11H2,1-4H3. The van der Waals surface area contributed by atoms with Crippen LogP contribution in [0, 0.1) is 0 Å². The van der Waals surface area contributed by atoms with Gasteiger partial charge in [-0.15, -0.1) is 0 Å². The highest BCUT2D eigenvalue weighted by atomic mass is 16.6. The Bertz CT molecular complexity index is 451. The molecule has 118 valence electrons. The Morgan fingerprint density at radius 3 is 2.95 bits per heavy atom.